The fourth-order valence-electron chi connectivity index (χ4n) is 1.55. The summed E-state index contributed by atoms with van der Waals surface area (Å²) < 4.78 is 5.32. The number of thiophene rings is 1. The van der Waals surface area contributed by atoms with Gasteiger partial charge in [0.05, 0.1) is 5.69 Å². The predicted molar refractivity (Wildman–Crippen MR) is 65.3 cm³/mol. The molecule has 0 radical (unpaired) electrons. The van der Waals surface area contributed by atoms with Crippen molar-refractivity contribution in [3.8, 4) is 11.5 Å². The molecule has 2 aromatic rings. The third kappa shape index (κ3) is 2.55. The van der Waals surface area contributed by atoms with Gasteiger partial charge in [-0.1, -0.05) is 13.8 Å². The van der Waals surface area contributed by atoms with Gasteiger partial charge in [0.2, 0.25) is 11.7 Å². The van der Waals surface area contributed by atoms with Gasteiger partial charge in [0.1, 0.15) is 0 Å². The number of hydrogen-bond donors (Lipinski definition) is 1. The van der Waals surface area contributed by atoms with E-state index in [-0.39, 0.29) is 5.76 Å². The first-order chi connectivity index (χ1) is 8.08. The topological polar surface area (TPSA) is 63.3 Å². The largest absolute Gasteiger partial charge is 0.475 e. The highest BCUT2D eigenvalue weighted by atomic mass is 32.1. The molecule has 0 spiro atoms. The lowest BCUT2D eigenvalue weighted by atomic mass is 10.1. The first-order valence-electron chi connectivity index (χ1n) is 5.33. The average molecular weight is 251 g/mol. The lowest BCUT2D eigenvalue weighted by Gasteiger charge is -1.99. The van der Waals surface area contributed by atoms with Gasteiger partial charge in [-0.2, -0.15) is 11.3 Å². The molecule has 0 aliphatic rings. The van der Waals surface area contributed by atoms with Crippen molar-refractivity contribution in [2.75, 3.05) is 0 Å². The molecule has 0 bridgehead atoms. The summed E-state index contributed by atoms with van der Waals surface area (Å²) in [4.78, 5) is 15.3. The quantitative estimate of drug-likeness (QED) is 0.905. The van der Waals surface area contributed by atoms with E-state index in [4.69, 9.17) is 9.52 Å². The lowest BCUT2D eigenvalue weighted by molar-refractivity contribution is 0.0661. The summed E-state index contributed by atoms with van der Waals surface area (Å²) in [6.07, 6.45) is 0.606. The maximum atomic E-state index is 11.1. The van der Waals surface area contributed by atoms with Crippen LogP contribution in [0.2, 0.25) is 0 Å². The highest BCUT2D eigenvalue weighted by Gasteiger charge is 2.20. The molecule has 0 unspecified atom stereocenters. The maximum absolute atomic E-state index is 11.1. The minimum absolute atomic E-state index is 0.0418. The van der Waals surface area contributed by atoms with Crippen molar-refractivity contribution in [2.24, 2.45) is 5.92 Å². The molecule has 5 heteroatoms. The van der Waals surface area contributed by atoms with Crippen molar-refractivity contribution in [3.63, 3.8) is 0 Å². The van der Waals surface area contributed by atoms with E-state index < -0.39 is 5.97 Å². The van der Waals surface area contributed by atoms with Gasteiger partial charge in [0, 0.05) is 10.9 Å². The van der Waals surface area contributed by atoms with Crippen molar-refractivity contribution in [3.05, 3.63) is 28.3 Å². The van der Waals surface area contributed by atoms with Gasteiger partial charge < -0.3 is 9.52 Å². The second kappa shape index (κ2) is 4.71. The number of aromatic carboxylic acids is 1. The number of hydrogen-bond acceptors (Lipinski definition) is 4. The predicted octanol–water partition coefficient (Wildman–Crippen LogP) is 3.30. The summed E-state index contributed by atoms with van der Waals surface area (Å²) in [6, 6.07) is 1.86. The Morgan fingerprint density at radius 1 is 1.59 bits per heavy atom. The molecule has 0 aliphatic heterocycles. The van der Waals surface area contributed by atoms with E-state index in [0.29, 0.717) is 23.9 Å². The van der Waals surface area contributed by atoms with Crippen molar-refractivity contribution < 1.29 is 14.3 Å². The van der Waals surface area contributed by atoms with Crippen LogP contribution < -0.4 is 0 Å². The van der Waals surface area contributed by atoms with Gasteiger partial charge in [-0.3, -0.25) is 0 Å². The van der Waals surface area contributed by atoms with Crippen LogP contribution in [-0.4, -0.2) is 16.1 Å². The fourth-order valence-corrected chi connectivity index (χ4v) is 2.18. The van der Waals surface area contributed by atoms with E-state index in [0.717, 1.165) is 5.56 Å². The van der Waals surface area contributed by atoms with Crippen LogP contribution in [0.5, 0.6) is 0 Å². The van der Waals surface area contributed by atoms with Crippen LogP contribution in [0.25, 0.3) is 11.5 Å². The molecule has 2 rings (SSSR count). The highest BCUT2D eigenvalue weighted by Crippen LogP contribution is 2.25. The lowest BCUT2D eigenvalue weighted by Crippen LogP contribution is -2.03. The van der Waals surface area contributed by atoms with Crippen molar-refractivity contribution in [1.82, 2.24) is 4.98 Å². The number of carbonyl (C=O) groups is 1. The van der Waals surface area contributed by atoms with Gasteiger partial charge in [-0.25, -0.2) is 9.78 Å². The summed E-state index contributed by atoms with van der Waals surface area (Å²) >= 11 is 1.52. The zero-order valence-electron chi connectivity index (χ0n) is 9.64. The van der Waals surface area contributed by atoms with Crippen LogP contribution in [-0.2, 0) is 6.42 Å². The molecule has 2 heterocycles. The van der Waals surface area contributed by atoms with E-state index in [1.54, 1.807) is 0 Å². The number of oxazole rings is 1. The van der Waals surface area contributed by atoms with Gasteiger partial charge >= 0.3 is 5.97 Å². The third-order valence-corrected chi connectivity index (χ3v) is 2.94. The van der Waals surface area contributed by atoms with E-state index >= 15 is 0 Å². The van der Waals surface area contributed by atoms with Crippen molar-refractivity contribution in [2.45, 2.75) is 20.3 Å². The molecule has 0 fully saturated rings. The van der Waals surface area contributed by atoms with Crippen LogP contribution >= 0.6 is 11.3 Å². The third-order valence-electron chi connectivity index (χ3n) is 2.26. The van der Waals surface area contributed by atoms with Crippen LogP contribution in [0.4, 0.5) is 0 Å². The SMILES string of the molecule is CC(C)Cc1nc(-c2ccsc2)oc1C(=O)O. The van der Waals surface area contributed by atoms with Gasteiger partial charge in [0.25, 0.3) is 0 Å². The van der Waals surface area contributed by atoms with E-state index in [9.17, 15) is 4.79 Å². The molecule has 0 saturated heterocycles. The molecule has 1 N–H and O–H groups in total. The molecular weight excluding hydrogens is 238 g/mol. The van der Waals surface area contributed by atoms with Crippen molar-refractivity contribution in [1.29, 1.82) is 0 Å². The normalized spacial score (nSPS) is 11.0. The molecule has 0 saturated carbocycles. The van der Waals surface area contributed by atoms with E-state index in [1.807, 2.05) is 30.7 Å². The highest BCUT2D eigenvalue weighted by molar-refractivity contribution is 7.08. The summed E-state index contributed by atoms with van der Waals surface area (Å²) in [5, 5.41) is 12.8. The first-order valence-corrected chi connectivity index (χ1v) is 6.27. The summed E-state index contributed by atoms with van der Waals surface area (Å²) in [5.41, 5.74) is 1.35. The Morgan fingerprint density at radius 3 is 2.88 bits per heavy atom. The van der Waals surface area contributed by atoms with Gasteiger partial charge in [-0.15, -0.1) is 0 Å². The standard InChI is InChI=1S/C12H13NO3S/c1-7(2)5-9-10(12(14)15)16-11(13-9)8-3-4-17-6-8/h3-4,6-7H,5H2,1-2H3,(H,14,15). The molecule has 17 heavy (non-hydrogen) atoms. The fraction of sp³-hybridized carbons (Fsp3) is 0.333. The number of rotatable bonds is 4. The molecule has 0 amide bonds. The maximum Gasteiger partial charge on any atom is 0.373 e. The Hall–Kier alpha value is -1.62. The second-order valence-corrected chi connectivity index (χ2v) is 4.99. The Morgan fingerprint density at radius 2 is 2.35 bits per heavy atom. The molecule has 0 aromatic carbocycles. The number of aromatic nitrogens is 1. The molecule has 90 valence electrons. The Bertz CT molecular complexity index is 514. The van der Waals surface area contributed by atoms with Crippen LogP contribution in [0.1, 0.15) is 30.1 Å². The Labute approximate surface area is 103 Å². The van der Waals surface area contributed by atoms with Gasteiger partial charge in [0.15, 0.2) is 0 Å². The number of nitrogens with zero attached hydrogens (tertiary/aromatic N) is 1. The number of carboxylic acids is 1. The molecule has 4 nitrogen and oxygen atoms in total. The molecule has 2 aromatic heterocycles. The van der Waals surface area contributed by atoms with Crippen LogP contribution in [0.15, 0.2) is 21.2 Å². The summed E-state index contributed by atoms with van der Waals surface area (Å²) in [5.74, 6) is -0.373. The zero-order valence-corrected chi connectivity index (χ0v) is 10.5. The Balaban J connectivity index is 2.41. The average Bonchev–Trinajstić information content (AvgIpc) is 2.82. The van der Waals surface area contributed by atoms with Crippen LogP contribution in [0, 0.1) is 5.92 Å². The second-order valence-electron chi connectivity index (χ2n) is 4.21. The molecular formula is C12H13NO3S. The first kappa shape index (κ1) is 11.9. The molecule has 0 atom stereocenters. The number of carboxylic acid groups (broad SMARTS) is 1. The monoisotopic (exact) mass is 251 g/mol. The molecule has 0 aliphatic carbocycles. The summed E-state index contributed by atoms with van der Waals surface area (Å²) in [7, 11) is 0. The minimum Gasteiger partial charge on any atom is -0.475 e. The summed E-state index contributed by atoms with van der Waals surface area (Å²) in [6.45, 7) is 4.04. The van der Waals surface area contributed by atoms with Crippen molar-refractivity contribution >= 4 is 17.3 Å². The zero-order chi connectivity index (χ0) is 12.4. The van der Waals surface area contributed by atoms with E-state index in [1.165, 1.54) is 11.3 Å². The minimum atomic E-state index is -1.06. The Kier molecular flexibility index (Phi) is 3.28. The van der Waals surface area contributed by atoms with Crippen LogP contribution in [0.3, 0.4) is 0 Å². The smallest absolute Gasteiger partial charge is 0.373 e. The van der Waals surface area contributed by atoms with E-state index in [2.05, 4.69) is 4.98 Å². The van der Waals surface area contributed by atoms with Gasteiger partial charge in [-0.05, 0) is 23.8 Å².